The summed E-state index contributed by atoms with van der Waals surface area (Å²) in [5.74, 6) is -0.253. The predicted molar refractivity (Wildman–Crippen MR) is 177 cm³/mol. The highest BCUT2D eigenvalue weighted by Crippen LogP contribution is 2.41. The summed E-state index contributed by atoms with van der Waals surface area (Å²) in [4.78, 5) is 53.8. The molecule has 0 radical (unpaired) electrons. The highest BCUT2D eigenvalue weighted by Gasteiger charge is 2.47. The minimum absolute atomic E-state index is 0.000253. The van der Waals surface area contributed by atoms with Crippen molar-refractivity contribution in [2.45, 2.75) is 59.4 Å². The Morgan fingerprint density at radius 3 is 2.17 bits per heavy atom. The monoisotopic (exact) mass is 652 g/mol. The zero-order valence-corrected chi connectivity index (χ0v) is 27.5. The zero-order valence-electron chi connectivity index (χ0n) is 27.5. The lowest BCUT2D eigenvalue weighted by atomic mass is 9.99. The second-order valence-corrected chi connectivity index (χ2v) is 12.8. The van der Waals surface area contributed by atoms with E-state index in [1.54, 1.807) is 63.4 Å². The maximum Gasteiger partial charge on any atom is 0.424 e. The van der Waals surface area contributed by atoms with Gasteiger partial charge in [-0.05, 0) is 71.4 Å². The second-order valence-electron chi connectivity index (χ2n) is 12.8. The Bertz CT molecular complexity index is 1930. The summed E-state index contributed by atoms with van der Waals surface area (Å²) >= 11 is 0. The molecule has 3 heterocycles. The second kappa shape index (κ2) is 13.5. The maximum atomic E-state index is 13.8. The Labute approximate surface area is 277 Å². The number of nitrogens with one attached hydrogen (secondary N) is 1. The van der Waals surface area contributed by atoms with Gasteiger partial charge in [0.25, 0.3) is 18.3 Å². The molecular weight excluding hydrogens is 616 g/mol. The van der Waals surface area contributed by atoms with Crippen molar-refractivity contribution in [2.24, 2.45) is 0 Å². The molecule has 3 amide bonds. The zero-order chi connectivity index (χ0) is 34.6. The maximum absolute atomic E-state index is 13.8. The molecule has 2 aliphatic heterocycles. The highest BCUT2D eigenvalue weighted by molar-refractivity contribution is 6.42. The standard InChI is InChI=1S/C32H26N2O7.C5H10O2/c1-32(2,3)41-31(37)34-29(35)27(28(30(34)36)26-18-39-24-11-7-8-12-25(24)40-26)22-16-33-23-15-20(13-14-21(22)23)38-17-19-9-5-4-6-10-19;1-5(2,3)7-4-6/h4-16,18,33H,17H2,1-3H3;4H,1-3H3. The molecule has 0 saturated heterocycles. The fraction of sp³-hybridized carbons (Fsp3) is 0.243. The molecule has 0 bridgehead atoms. The van der Waals surface area contributed by atoms with Crippen LogP contribution in [0.5, 0.6) is 17.2 Å². The van der Waals surface area contributed by atoms with E-state index in [-0.39, 0.29) is 22.5 Å². The molecule has 11 nitrogen and oxygen atoms in total. The van der Waals surface area contributed by atoms with Gasteiger partial charge < -0.3 is 28.7 Å². The molecule has 2 aliphatic rings. The average Bonchev–Trinajstić information content (AvgIpc) is 3.55. The predicted octanol–water partition coefficient (Wildman–Crippen LogP) is 7.08. The minimum Gasteiger partial charge on any atom is -0.489 e. The Morgan fingerprint density at radius 1 is 0.854 bits per heavy atom. The number of carbonyl (C=O) groups is 4. The number of aromatic nitrogens is 1. The fourth-order valence-corrected chi connectivity index (χ4v) is 4.77. The summed E-state index contributed by atoms with van der Waals surface area (Å²) in [6.07, 6.45) is 1.79. The van der Waals surface area contributed by atoms with Crippen LogP contribution in [-0.2, 0) is 30.5 Å². The van der Waals surface area contributed by atoms with E-state index >= 15 is 0 Å². The first-order valence-corrected chi connectivity index (χ1v) is 15.2. The lowest BCUT2D eigenvalue weighted by Crippen LogP contribution is -2.41. The van der Waals surface area contributed by atoms with Crippen molar-refractivity contribution >= 4 is 40.9 Å². The van der Waals surface area contributed by atoms with Crippen LogP contribution < -0.4 is 14.2 Å². The number of para-hydroxylation sites is 2. The molecule has 0 unspecified atom stereocenters. The van der Waals surface area contributed by atoms with Crippen molar-refractivity contribution in [1.29, 1.82) is 0 Å². The lowest BCUT2D eigenvalue weighted by Gasteiger charge is -2.23. The SMILES string of the molecule is CC(C)(C)OC(=O)N1C(=O)C(C2=COc3ccccc3O2)=C(c2c[nH]c3cc(OCc4ccccc4)ccc23)C1=O.CC(C)(C)OC=O. The molecule has 0 spiro atoms. The van der Waals surface area contributed by atoms with Crippen LogP contribution in [0.4, 0.5) is 4.79 Å². The molecular formula is C37H36N2O9. The van der Waals surface area contributed by atoms with Crippen LogP contribution in [0.1, 0.15) is 52.7 Å². The van der Waals surface area contributed by atoms with Crippen LogP contribution in [0.15, 0.2) is 96.6 Å². The summed E-state index contributed by atoms with van der Waals surface area (Å²) in [5, 5.41) is 0.648. The number of fused-ring (bicyclic) bond motifs is 2. The van der Waals surface area contributed by atoms with Gasteiger partial charge in [0, 0.05) is 28.7 Å². The summed E-state index contributed by atoms with van der Waals surface area (Å²) < 4.78 is 27.6. The van der Waals surface area contributed by atoms with Gasteiger partial charge >= 0.3 is 6.09 Å². The van der Waals surface area contributed by atoms with Crippen molar-refractivity contribution < 1.29 is 42.9 Å². The minimum atomic E-state index is -1.07. The summed E-state index contributed by atoms with van der Waals surface area (Å²) in [5.41, 5.74) is 0.740. The number of aromatic amines is 1. The molecule has 48 heavy (non-hydrogen) atoms. The third-order valence-corrected chi connectivity index (χ3v) is 6.84. The van der Waals surface area contributed by atoms with Crippen molar-refractivity contribution in [2.75, 3.05) is 0 Å². The van der Waals surface area contributed by atoms with Crippen LogP contribution in [0.25, 0.3) is 16.5 Å². The average molecular weight is 653 g/mol. The first-order valence-electron chi connectivity index (χ1n) is 15.2. The number of rotatable bonds is 6. The molecule has 0 atom stereocenters. The number of H-pyrrole nitrogens is 1. The van der Waals surface area contributed by atoms with Gasteiger partial charge in [0.2, 0.25) is 0 Å². The van der Waals surface area contributed by atoms with Crippen molar-refractivity contribution in [3.63, 3.8) is 0 Å². The van der Waals surface area contributed by atoms with Gasteiger partial charge in [0.1, 0.15) is 29.8 Å². The number of nitrogens with zero attached hydrogens (tertiary/aromatic N) is 1. The van der Waals surface area contributed by atoms with Crippen molar-refractivity contribution in [1.82, 2.24) is 9.88 Å². The van der Waals surface area contributed by atoms with Crippen LogP contribution in [0, 0.1) is 0 Å². The fourth-order valence-electron chi connectivity index (χ4n) is 4.77. The number of imide groups is 3. The number of amides is 3. The molecule has 1 aromatic heterocycles. The number of carbonyl (C=O) groups excluding carboxylic acids is 4. The molecule has 1 N–H and O–H groups in total. The van der Waals surface area contributed by atoms with Gasteiger partial charge in [-0.3, -0.25) is 14.4 Å². The first kappa shape index (κ1) is 33.5. The van der Waals surface area contributed by atoms with E-state index < -0.39 is 23.5 Å². The van der Waals surface area contributed by atoms with Gasteiger partial charge in [-0.2, -0.15) is 4.90 Å². The number of ether oxygens (including phenoxy) is 5. The van der Waals surface area contributed by atoms with E-state index in [0.717, 1.165) is 5.56 Å². The van der Waals surface area contributed by atoms with Gasteiger partial charge in [-0.15, -0.1) is 0 Å². The summed E-state index contributed by atoms with van der Waals surface area (Å²) in [6.45, 7) is 11.3. The van der Waals surface area contributed by atoms with Crippen molar-refractivity contribution in [3.8, 4) is 17.2 Å². The summed E-state index contributed by atoms with van der Waals surface area (Å²) in [7, 11) is 0. The van der Waals surface area contributed by atoms with Gasteiger partial charge in [-0.25, -0.2) is 4.79 Å². The number of hydrogen-bond donors (Lipinski definition) is 1. The molecule has 4 aromatic rings. The summed E-state index contributed by atoms with van der Waals surface area (Å²) in [6, 6.07) is 22.1. The Hall–Kier alpha value is -5.84. The molecule has 6 rings (SSSR count). The molecule has 0 saturated carbocycles. The molecule has 3 aromatic carbocycles. The molecule has 11 heteroatoms. The molecule has 0 aliphatic carbocycles. The largest absolute Gasteiger partial charge is 0.489 e. The third kappa shape index (κ3) is 7.58. The van der Waals surface area contributed by atoms with E-state index in [1.165, 1.54) is 6.26 Å². The molecule has 248 valence electrons. The third-order valence-electron chi connectivity index (χ3n) is 6.84. The van der Waals surface area contributed by atoms with E-state index in [9.17, 15) is 19.2 Å². The van der Waals surface area contributed by atoms with E-state index in [1.807, 2.05) is 57.2 Å². The van der Waals surface area contributed by atoms with Crippen LogP contribution in [-0.4, -0.2) is 45.5 Å². The van der Waals surface area contributed by atoms with E-state index in [0.29, 0.717) is 51.7 Å². The topological polar surface area (TPSA) is 133 Å². The Balaban J connectivity index is 0.000000582. The van der Waals surface area contributed by atoms with Crippen LogP contribution in [0.3, 0.4) is 0 Å². The molecule has 0 fully saturated rings. The van der Waals surface area contributed by atoms with Gasteiger partial charge in [0.05, 0.1) is 11.1 Å². The number of benzene rings is 3. The van der Waals surface area contributed by atoms with Gasteiger partial charge in [0.15, 0.2) is 17.3 Å². The van der Waals surface area contributed by atoms with E-state index in [4.69, 9.17) is 18.9 Å². The van der Waals surface area contributed by atoms with Crippen LogP contribution >= 0.6 is 0 Å². The van der Waals surface area contributed by atoms with Crippen molar-refractivity contribution in [3.05, 3.63) is 108 Å². The normalized spacial score (nSPS) is 14.3. The smallest absolute Gasteiger partial charge is 0.424 e. The number of hydrogen-bond acceptors (Lipinski definition) is 9. The quantitative estimate of drug-likeness (QED) is 0.171. The Kier molecular flexibility index (Phi) is 9.42. The van der Waals surface area contributed by atoms with E-state index in [2.05, 4.69) is 9.72 Å². The highest BCUT2D eigenvalue weighted by atomic mass is 16.6. The lowest BCUT2D eigenvalue weighted by molar-refractivity contribution is -0.139. The Morgan fingerprint density at radius 2 is 1.52 bits per heavy atom. The van der Waals surface area contributed by atoms with Gasteiger partial charge in [-0.1, -0.05) is 42.5 Å². The van der Waals surface area contributed by atoms with Crippen LogP contribution in [0.2, 0.25) is 0 Å². The first-order chi connectivity index (χ1) is 22.8.